The van der Waals surface area contributed by atoms with Gasteiger partial charge in [-0.25, -0.2) is 4.98 Å². The molecule has 4 nitrogen and oxygen atoms in total. The number of rotatable bonds is 5. The highest BCUT2D eigenvalue weighted by molar-refractivity contribution is 5.49. The van der Waals surface area contributed by atoms with Crippen LogP contribution in [0.2, 0.25) is 0 Å². The number of imidazole rings is 1. The van der Waals surface area contributed by atoms with Gasteiger partial charge in [0.05, 0.1) is 18.5 Å². The summed E-state index contributed by atoms with van der Waals surface area (Å²) in [7, 11) is 0. The van der Waals surface area contributed by atoms with Gasteiger partial charge in [-0.15, -0.1) is 0 Å². The molecule has 0 bridgehead atoms. The quantitative estimate of drug-likeness (QED) is 0.678. The molecule has 0 saturated heterocycles. The maximum atomic E-state index is 12.8. The Kier molecular flexibility index (Phi) is 4.16. The molecule has 1 aromatic carbocycles. The summed E-state index contributed by atoms with van der Waals surface area (Å²) in [6.45, 7) is 0.821. The summed E-state index contributed by atoms with van der Waals surface area (Å²) < 4.78 is 45.5. The number of hydrogen-bond donors (Lipinski definition) is 1. The van der Waals surface area contributed by atoms with Gasteiger partial charge in [-0.1, -0.05) is 0 Å². The lowest BCUT2D eigenvalue weighted by atomic mass is 10.1. The average molecular weight is 285 g/mol. The highest BCUT2D eigenvalue weighted by Gasteiger charge is 2.34. The summed E-state index contributed by atoms with van der Waals surface area (Å²) in [5.74, 6) is -0.197. The van der Waals surface area contributed by atoms with Crippen LogP contribution in [0.25, 0.3) is 0 Å². The maximum Gasteiger partial charge on any atom is 0.420 e. The maximum absolute atomic E-state index is 12.8. The second-order valence-corrected chi connectivity index (χ2v) is 4.26. The molecule has 20 heavy (non-hydrogen) atoms. The summed E-state index contributed by atoms with van der Waals surface area (Å²) in [5, 5.41) is 0. The minimum Gasteiger partial charge on any atom is -0.493 e. The number of ether oxygens (including phenoxy) is 1. The van der Waals surface area contributed by atoms with Crippen molar-refractivity contribution < 1.29 is 17.9 Å². The molecule has 1 aromatic heterocycles. The summed E-state index contributed by atoms with van der Waals surface area (Å²) in [6, 6.07) is 3.51. The molecule has 7 heteroatoms. The molecule has 0 atom stereocenters. The van der Waals surface area contributed by atoms with Crippen molar-refractivity contribution in [1.82, 2.24) is 9.55 Å². The number of aromatic nitrogens is 2. The van der Waals surface area contributed by atoms with E-state index in [4.69, 9.17) is 10.5 Å². The lowest BCUT2D eigenvalue weighted by Gasteiger charge is -2.14. The summed E-state index contributed by atoms with van der Waals surface area (Å²) in [6.07, 6.45) is 1.17. The number of nitrogens with zero attached hydrogens (tertiary/aromatic N) is 2. The third-order valence-electron chi connectivity index (χ3n) is 2.69. The summed E-state index contributed by atoms with van der Waals surface area (Å²) in [4.78, 5) is 3.87. The van der Waals surface area contributed by atoms with Crippen molar-refractivity contribution >= 4 is 5.69 Å². The Morgan fingerprint density at radius 3 is 2.75 bits per heavy atom. The van der Waals surface area contributed by atoms with Gasteiger partial charge >= 0.3 is 6.18 Å². The lowest BCUT2D eigenvalue weighted by Crippen LogP contribution is -2.11. The molecule has 2 aromatic rings. The largest absolute Gasteiger partial charge is 0.493 e. The van der Waals surface area contributed by atoms with Gasteiger partial charge in [0, 0.05) is 24.6 Å². The summed E-state index contributed by atoms with van der Waals surface area (Å²) in [5.41, 5.74) is 4.59. The zero-order valence-corrected chi connectivity index (χ0v) is 10.6. The van der Waals surface area contributed by atoms with Crippen LogP contribution < -0.4 is 10.5 Å². The Labute approximate surface area is 114 Å². The molecular formula is C13H14F3N3O. The molecule has 0 aliphatic carbocycles. The Morgan fingerprint density at radius 2 is 2.10 bits per heavy atom. The molecule has 1 heterocycles. The van der Waals surface area contributed by atoms with E-state index in [1.54, 1.807) is 18.7 Å². The molecule has 108 valence electrons. The molecule has 0 unspecified atom stereocenters. The van der Waals surface area contributed by atoms with E-state index in [2.05, 4.69) is 4.98 Å². The molecule has 0 spiro atoms. The predicted octanol–water partition coefficient (Wildman–Crippen LogP) is 2.95. The van der Waals surface area contributed by atoms with Gasteiger partial charge in [-0.3, -0.25) is 0 Å². The smallest absolute Gasteiger partial charge is 0.420 e. The number of nitrogens with two attached hydrogens (primary N) is 1. The molecule has 0 aliphatic rings. The molecule has 2 rings (SSSR count). The van der Waals surface area contributed by atoms with E-state index >= 15 is 0 Å². The number of hydrogen-bond acceptors (Lipinski definition) is 3. The van der Waals surface area contributed by atoms with E-state index < -0.39 is 11.7 Å². The highest BCUT2D eigenvalue weighted by Crippen LogP contribution is 2.37. The van der Waals surface area contributed by atoms with Crippen LogP contribution in [0.1, 0.15) is 12.0 Å². The fourth-order valence-corrected chi connectivity index (χ4v) is 1.74. The van der Waals surface area contributed by atoms with E-state index in [0.29, 0.717) is 13.0 Å². The zero-order chi connectivity index (χ0) is 14.6. The predicted molar refractivity (Wildman–Crippen MR) is 68.2 cm³/mol. The van der Waals surface area contributed by atoms with Crippen molar-refractivity contribution in [2.45, 2.75) is 19.1 Å². The fraction of sp³-hybridized carbons (Fsp3) is 0.308. The lowest BCUT2D eigenvalue weighted by molar-refractivity contribution is -0.138. The highest BCUT2D eigenvalue weighted by atomic mass is 19.4. The van der Waals surface area contributed by atoms with Crippen LogP contribution in [-0.2, 0) is 12.7 Å². The standard InChI is InChI=1S/C13H14F3N3O/c14-13(15,16)11-8-10(17)2-3-12(11)20-7-1-5-19-6-4-18-9-19/h2-4,6,8-9H,1,5,7,17H2. The van der Waals surface area contributed by atoms with Crippen LogP contribution in [0.5, 0.6) is 5.75 Å². The van der Waals surface area contributed by atoms with Crippen molar-refractivity contribution in [3.8, 4) is 5.75 Å². The number of aryl methyl sites for hydroxylation is 1. The molecule has 0 amide bonds. The van der Waals surface area contributed by atoms with E-state index in [-0.39, 0.29) is 18.0 Å². The second kappa shape index (κ2) is 5.85. The van der Waals surface area contributed by atoms with Gasteiger partial charge in [-0.05, 0) is 24.6 Å². The fourth-order valence-electron chi connectivity index (χ4n) is 1.74. The van der Waals surface area contributed by atoms with Gasteiger partial charge in [0.2, 0.25) is 0 Å². The molecule has 0 fully saturated rings. The van der Waals surface area contributed by atoms with E-state index in [1.807, 2.05) is 4.57 Å². The number of alkyl halides is 3. The number of benzene rings is 1. The number of nitrogen functional groups attached to an aromatic ring is 1. The van der Waals surface area contributed by atoms with Crippen molar-refractivity contribution in [2.24, 2.45) is 0 Å². The third-order valence-corrected chi connectivity index (χ3v) is 2.69. The van der Waals surface area contributed by atoms with Crippen LogP contribution in [0.3, 0.4) is 0 Å². The van der Waals surface area contributed by atoms with Crippen LogP contribution in [0.4, 0.5) is 18.9 Å². The van der Waals surface area contributed by atoms with Crippen LogP contribution in [0, 0.1) is 0 Å². The van der Waals surface area contributed by atoms with Crippen LogP contribution in [-0.4, -0.2) is 16.2 Å². The van der Waals surface area contributed by atoms with Gasteiger partial charge in [-0.2, -0.15) is 13.2 Å². The summed E-state index contributed by atoms with van der Waals surface area (Å²) >= 11 is 0. The second-order valence-electron chi connectivity index (χ2n) is 4.26. The van der Waals surface area contributed by atoms with Crippen LogP contribution in [0.15, 0.2) is 36.9 Å². The van der Waals surface area contributed by atoms with Gasteiger partial charge in [0.15, 0.2) is 0 Å². The first-order chi connectivity index (χ1) is 9.47. The van der Waals surface area contributed by atoms with E-state index in [9.17, 15) is 13.2 Å². The monoisotopic (exact) mass is 285 g/mol. The van der Waals surface area contributed by atoms with Crippen molar-refractivity contribution in [2.75, 3.05) is 12.3 Å². The number of halogens is 3. The SMILES string of the molecule is Nc1ccc(OCCCn2ccnc2)c(C(F)(F)F)c1. The molecule has 0 radical (unpaired) electrons. The average Bonchev–Trinajstić information content (AvgIpc) is 2.88. The van der Waals surface area contributed by atoms with E-state index in [1.165, 1.54) is 12.1 Å². The van der Waals surface area contributed by atoms with Crippen molar-refractivity contribution in [3.63, 3.8) is 0 Å². The Hall–Kier alpha value is -2.18. The first-order valence-corrected chi connectivity index (χ1v) is 6.02. The van der Waals surface area contributed by atoms with Gasteiger partial charge in [0.1, 0.15) is 5.75 Å². The first kappa shape index (κ1) is 14.2. The minimum absolute atomic E-state index is 0.0584. The minimum atomic E-state index is -4.48. The van der Waals surface area contributed by atoms with Crippen LogP contribution >= 0.6 is 0 Å². The Balaban J connectivity index is 1.95. The zero-order valence-electron chi connectivity index (χ0n) is 10.6. The van der Waals surface area contributed by atoms with Gasteiger partial charge < -0.3 is 15.0 Å². The topological polar surface area (TPSA) is 53.1 Å². The Bertz CT molecular complexity index is 552. The molecule has 0 saturated carbocycles. The normalized spacial score (nSPS) is 11.6. The van der Waals surface area contributed by atoms with Crippen molar-refractivity contribution in [3.05, 3.63) is 42.5 Å². The molecule has 0 aliphatic heterocycles. The Morgan fingerprint density at radius 1 is 1.30 bits per heavy atom. The number of anilines is 1. The van der Waals surface area contributed by atoms with Gasteiger partial charge in [0.25, 0.3) is 0 Å². The van der Waals surface area contributed by atoms with E-state index in [0.717, 1.165) is 6.07 Å². The molecule has 2 N–H and O–H groups in total. The molecular weight excluding hydrogens is 271 g/mol. The third kappa shape index (κ3) is 3.66. The van der Waals surface area contributed by atoms with Crippen molar-refractivity contribution in [1.29, 1.82) is 0 Å². The first-order valence-electron chi connectivity index (χ1n) is 6.02.